The van der Waals surface area contributed by atoms with Crippen LogP contribution in [0.3, 0.4) is 0 Å². The molecule has 0 saturated heterocycles. The van der Waals surface area contributed by atoms with Gasteiger partial charge in [0.15, 0.2) is 0 Å². The highest BCUT2D eigenvalue weighted by molar-refractivity contribution is 6.29. The molecule has 0 N–H and O–H groups in total. The van der Waals surface area contributed by atoms with Crippen molar-refractivity contribution in [3.63, 3.8) is 0 Å². The van der Waals surface area contributed by atoms with Crippen molar-refractivity contribution >= 4 is 22.6 Å². The van der Waals surface area contributed by atoms with E-state index in [2.05, 4.69) is 6.58 Å². The van der Waals surface area contributed by atoms with Crippen LogP contribution in [0.2, 0.25) is 0 Å². The van der Waals surface area contributed by atoms with E-state index in [-0.39, 0.29) is 6.61 Å². The minimum absolute atomic E-state index is 0.205. The molecule has 1 aromatic heterocycles. The molecule has 1 heterocycles. The zero-order valence-electron chi connectivity index (χ0n) is 12.6. The van der Waals surface area contributed by atoms with Gasteiger partial charge in [-0.1, -0.05) is 48.5 Å². The summed E-state index contributed by atoms with van der Waals surface area (Å²) in [7, 11) is 0. The average molecular weight is 327 g/mol. The number of fused-ring (bicyclic) bond motifs is 1. The molecule has 0 aliphatic carbocycles. The van der Waals surface area contributed by atoms with Gasteiger partial charge in [-0.25, -0.2) is 4.79 Å². The van der Waals surface area contributed by atoms with Gasteiger partial charge < -0.3 is 9.15 Å². The Morgan fingerprint density at radius 2 is 1.96 bits per heavy atom. The lowest BCUT2D eigenvalue weighted by atomic mass is 10.0. The van der Waals surface area contributed by atoms with Crippen LogP contribution in [0.5, 0.6) is 5.75 Å². The molecule has 0 atom stereocenters. The van der Waals surface area contributed by atoms with Crippen molar-refractivity contribution in [2.75, 3.05) is 6.61 Å². The second-order valence-corrected chi connectivity index (χ2v) is 5.75. The highest BCUT2D eigenvalue weighted by Gasteiger charge is 2.13. The third kappa shape index (κ3) is 3.15. The zero-order valence-corrected chi connectivity index (χ0v) is 13.4. The molecule has 3 aromatic rings. The highest BCUT2D eigenvalue weighted by Crippen LogP contribution is 2.33. The molecule has 0 spiro atoms. The van der Waals surface area contributed by atoms with Gasteiger partial charge in [-0.2, -0.15) is 0 Å². The monoisotopic (exact) mass is 326 g/mol. The maximum atomic E-state index is 12.0. The van der Waals surface area contributed by atoms with Gasteiger partial charge in [-0.15, -0.1) is 0 Å². The molecule has 0 radical (unpaired) electrons. The average Bonchev–Trinajstić information content (AvgIpc) is 2.55. The molecule has 2 aromatic carbocycles. The van der Waals surface area contributed by atoms with E-state index in [1.807, 2.05) is 49.4 Å². The van der Waals surface area contributed by atoms with Crippen molar-refractivity contribution in [1.82, 2.24) is 0 Å². The van der Waals surface area contributed by atoms with Gasteiger partial charge in [-0.3, -0.25) is 0 Å². The van der Waals surface area contributed by atoms with E-state index in [0.717, 1.165) is 22.1 Å². The van der Waals surface area contributed by atoms with Crippen LogP contribution >= 0.6 is 11.6 Å². The summed E-state index contributed by atoms with van der Waals surface area (Å²) in [6.45, 7) is 5.66. The Morgan fingerprint density at radius 3 is 2.65 bits per heavy atom. The van der Waals surface area contributed by atoms with Crippen LogP contribution < -0.4 is 10.4 Å². The molecular weight excluding hydrogens is 312 g/mol. The minimum Gasteiger partial charge on any atom is -0.488 e. The maximum absolute atomic E-state index is 12.0. The standard InChI is InChI=1S/C19H15ClO3/c1-12(20)11-22-17-9-8-15-16(14-6-4-3-5-7-14)10-18(21)23-19(15)13(17)2/h3-10H,1,11H2,2H3. The van der Waals surface area contributed by atoms with Crippen molar-refractivity contribution in [3.05, 3.63) is 76.1 Å². The third-order valence-corrected chi connectivity index (χ3v) is 3.69. The number of rotatable bonds is 4. The summed E-state index contributed by atoms with van der Waals surface area (Å²) >= 11 is 5.74. The fourth-order valence-corrected chi connectivity index (χ4v) is 2.57. The van der Waals surface area contributed by atoms with Crippen LogP contribution in [0.25, 0.3) is 22.1 Å². The summed E-state index contributed by atoms with van der Waals surface area (Å²) in [4.78, 5) is 12.0. The molecule has 23 heavy (non-hydrogen) atoms. The first-order valence-electron chi connectivity index (χ1n) is 7.15. The van der Waals surface area contributed by atoms with Gasteiger partial charge in [0.2, 0.25) is 0 Å². The SMILES string of the molecule is C=C(Cl)COc1ccc2c(-c3ccccc3)cc(=O)oc2c1C. The molecule has 0 fully saturated rings. The van der Waals surface area contributed by atoms with E-state index >= 15 is 0 Å². The Morgan fingerprint density at radius 1 is 1.22 bits per heavy atom. The summed E-state index contributed by atoms with van der Waals surface area (Å²) in [6, 6.07) is 15.0. The lowest BCUT2D eigenvalue weighted by molar-refractivity contribution is 0.356. The molecule has 116 valence electrons. The van der Waals surface area contributed by atoms with Gasteiger partial charge in [0.05, 0.1) is 0 Å². The van der Waals surface area contributed by atoms with Gasteiger partial charge >= 0.3 is 5.63 Å². The highest BCUT2D eigenvalue weighted by atomic mass is 35.5. The molecule has 0 unspecified atom stereocenters. The fourth-order valence-electron chi connectivity index (χ4n) is 2.51. The first-order chi connectivity index (χ1) is 11.1. The van der Waals surface area contributed by atoms with Crippen molar-refractivity contribution in [2.45, 2.75) is 6.92 Å². The van der Waals surface area contributed by atoms with E-state index < -0.39 is 5.63 Å². The van der Waals surface area contributed by atoms with Crippen LogP contribution in [-0.4, -0.2) is 6.61 Å². The first-order valence-corrected chi connectivity index (χ1v) is 7.53. The van der Waals surface area contributed by atoms with Gasteiger partial charge in [0.25, 0.3) is 0 Å². The largest absolute Gasteiger partial charge is 0.488 e. The van der Waals surface area contributed by atoms with Crippen LogP contribution in [0.4, 0.5) is 0 Å². The van der Waals surface area contributed by atoms with Crippen molar-refractivity contribution < 1.29 is 9.15 Å². The third-order valence-electron chi connectivity index (χ3n) is 3.58. The lowest BCUT2D eigenvalue weighted by Crippen LogP contribution is -2.02. The Bertz CT molecular complexity index is 926. The lowest BCUT2D eigenvalue weighted by Gasteiger charge is -2.12. The molecule has 3 rings (SSSR count). The Balaban J connectivity index is 2.19. The maximum Gasteiger partial charge on any atom is 0.336 e. The summed E-state index contributed by atoms with van der Waals surface area (Å²) in [6.07, 6.45) is 0. The zero-order chi connectivity index (χ0) is 16.4. The van der Waals surface area contributed by atoms with E-state index in [4.69, 9.17) is 20.8 Å². The molecule has 0 aliphatic heterocycles. The van der Waals surface area contributed by atoms with Gasteiger partial charge in [0, 0.05) is 22.0 Å². The predicted octanol–water partition coefficient (Wildman–Crippen LogP) is 4.90. The Kier molecular flexibility index (Phi) is 4.22. The molecule has 0 bridgehead atoms. The summed E-state index contributed by atoms with van der Waals surface area (Å²) in [5.41, 5.74) is 2.70. The molecule has 0 aliphatic rings. The van der Waals surface area contributed by atoms with E-state index in [0.29, 0.717) is 16.4 Å². The molecule has 0 amide bonds. The fraction of sp³-hybridized carbons (Fsp3) is 0.105. The number of benzene rings is 2. The molecule has 3 nitrogen and oxygen atoms in total. The van der Waals surface area contributed by atoms with E-state index in [1.54, 1.807) is 0 Å². The van der Waals surface area contributed by atoms with Gasteiger partial charge in [0.1, 0.15) is 17.9 Å². The minimum atomic E-state index is -0.390. The number of halogens is 1. The molecule has 0 saturated carbocycles. The van der Waals surface area contributed by atoms with Crippen LogP contribution in [0.15, 0.2) is 69.4 Å². The quantitative estimate of drug-likeness (QED) is 0.640. The van der Waals surface area contributed by atoms with Crippen molar-refractivity contribution in [1.29, 1.82) is 0 Å². The summed E-state index contributed by atoms with van der Waals surface area (Å²) in [5.74, 6) is 0.618. The topological polar surface area (TPSA) is 39.4 Å². The summed E-state index contributed by atoms with van der Waals surface area (Å²) in [5, 5.41) is 1.27. The first kappa shape index (κ1) is 15.4. The molecule has 4 heteroatoms. The second-order valence-electron chi connectivity index (χ2n) is 5.22. The summed E-state index contributed by atoms with van der Waals surface area (Å²) < 4.78 is 11.0. The molecular formula is C19H15ClO3. The van der Waals surface area contributed by atoms with Crippen LogP contribution in [-0.2, 0) is 0 Å². The number of ether oxygens (including phenoxy) is 1. The second kappa shape index (κ2) is 6.31. The number of hydrogen-bond acceptors (Lipinski definition) is 3. The number of hydrogen-bond donors (Lipinski definition) is 0. The number of aryl methyl sites for hydroxylation is 1. The Hall–Kier alpha value is -2.52. The van der Waals surface area contributed by atoms with Crippen LogP contribution in [0.1, 0.15) is 5.56 Å². The van der Waals surface area contributed by atoms with Crippen molar-refractivity contribution in [3.8, 4) is 16.9 Å². The van der Waals surface area contributed by atoms with Gasteiger partial charge in [-0.05, 0) is 30.2 Å². The van der Waals surface area contributed by atoms with Crippen molar-refractivity contribution in [2.24, 2.45) is 0 Å². The Labute approximate surface area is 138 Å². The normalized spacial score (nSPS) is 10.7. The predicted molar refractivity (Wildman–Crippen MR) is 93.1 cm³/mol. The van der Waals surface area contributed by atoms with E-state index in [1.165, 1.54) is 6.07 Å². The van der Waals surface area contributed by atoms with Crippen LogP contribution in [0, 0.1) is 6.92 Å². The smallest absolute Gasteiger partial charge is 0.336 e. The van der Waals surface area contributed by atoms with E-state index in [9.17, 15) is 4.79 Å².